The number of amides is 1. The molecule has 5 rings (SSSR count). The highest BCUT2D eigenvalue weighted by atomic mass is 32.2. The number of nitrogens with zero attached hydrogens (tertiary/aromatic N) is 3. The molecule has 1 aromatic carbocycles. The standard InChI is InChI=1S/C22H25N3O3S2/c26-22(24-13-11-23(12-14-24)19-4-1-2-5-19)18-7-8-20-17(16-18)9-10-25(20)30(27,28)21-6-3-15-29-21/h3,6-10,15-16,19H,1-2,4-5,11-14H2. The maximum atomic E-state index is 13.0. The zero-order chi connectivity index (χ0) is 20.7. The number of aromatic nitrogens is 1. The molecule has 1 aliphatic carbocycles. The van der Waals surface area contributed by atoms with Crippen molar-refractivity contribution in [2.45, 2.75) is 35.9 Å². The van der Waals surface area contributed by atoms with Crippen LogP contribution in [-0.2, 0) is 10.0 Å². The van der Waals surface area contributed by atoms with Gasteiger partial charge in [-0.25, -0.2) is 3.97 Å². The van der Waals surface area contributed by atoms with Gasteiger partial charge < -0.3 is 4.90 Å². The molecule has 0 spiro atoms. The van der Waals surface area contributed by atoms with Crippen LogP contribution < -0.4 is 0 Å². The summed E-state index contributed by atoms with van der Waals surface area (Å²) in [5.41, 5.74) is 1.20. The number of carbonyl (C=O) groups excluding carboxylic acids is 1. The molecule has 0 atom stereocenters. The SMILES string of the molecule is O=C(c1ccc2c(ccn2S(=O)(=O)c2cccs2)c1)N1CCN(C2CCCC2)CC1. The highest BCUT2D eigenvalue weighted by Crippen LogP contribution is 2.27. The zero-order valence-corrected chi connectivity index (χ0v) is 18.4. The highest BCUT2D eigenvalue weighted by molar-refractivity contribution is 7.92. The van der Waals surface area contributed by atoms with E-state index in [2.05, 4.69) is 4.90 Å². The minimum atomic E-state index is -3.61. The van der Waals surface area contributed by atoms with E-state index in [-0.39, 0.29) is 5.91 Å². The summed E-state index contributed by atoms with van der Waals surface area (Å²) >= 11 is 1.20. The van der Waals surface area contributed by atoms with E-state index in [0.29, 0.717) is 21.3 Å². The molecule has 1 saturated heterocycles. The third-order valence-electron chi connectivity index (χ3n) is 6.35. The second-order valence-corrected chi connectivity index (χ2v) is 11.1. The molecule has 0 unspecified atom stereocenters. The maximum absolute atomic E-state index is 13.0. The first kappa shape index (κ1) is 19.8. The highest BCUT2D eigenvalue weighted by Gasteiger charge is 2.28. The van der Waals surface area contributed by atoms with Crippen molar-refractivity contribution in [3.8, 4) is 0 Å². The van der Waals surface area contributed by atoms with E-state index in [1.54, 1.807) is 48.0 Å². The van der Waals surface area contributed by atoms with E-state index in [1.807, 2.05) is 4.90 Å². The lowest BCUT2D eigenvalue weighted by molar-refractivity contribution is 0.0573. The van der Waals surface area contributed by atoms with E-state index in [0.717, 1.165) is 31.6 Å². The number of piperazine rings is 1. The summed E-state index contributed by atoms with van der Waals surface area (Å²) in [5, 5.41) is 2.51. The molecule has 2 aromatic heterocycles. The number of hydrogen-bond acceptors (Lipinski definition) is 5. The Morgan fingerprint density at radius 2 is 1.77 bits per heavy atom. The van der Waals surface area contributed by atoms with Crippen molar-refractivity contribution in [2.24, 2.45) is 0 Å². The van der Waals surface area contributed by atoms with Crippen LogP contribution in [0, 0.1) is 0 Å². The number of hydrogen-bond donors (Lipinski definition) is 0. The molecule has 0 bridgehead atoms. The van der Waals surface area contributed by atoms with Crippen molar-refractivity contribution in [2.75, 3.05) is 26.2 Å². The quantitative estimate of drug-likeness (QED) is 0.618. The van der Waals surface area contributed by atoms with Gasteiger partial charge >= 0.3 is 0 Å². The van der Waals surface area contributed by atoms with E-state index < -0.39 is 10.0 Å². The van der Waals surface area contributed by atoms with Gasteiger partial charge in [-0.15, -0.1) is 11.3 Å². The Morgan fingerprint density at radius 3 is 2.47 bits per heavy atom. The van der Waals surface area contributed by atoms with Crippen molar-refractivity contribution in [1.82, 2.24) is 13.8 Å². The Balaban J connectivity index is 1.34. The molecule has 158 valence electrons. The molecule has 6 nitrogen and oxygen atoms in total. The van der Waals surface area contributed by atoms with Crippen LogP contribution in [0.15, 0.2) is 52.2 Å². The third kappa shape index (κ3) is 3.46. The van der Waals surface area contributed by atoms with Crippen LogP contribution in [0.2, 0.25) is 0 Å². The van der Waals surface area contributed by atoms with Crippen molar-refractivity contribution < 1.29 is 13.2 Å². The molecule has 3 heterocycles. The molecule has 1 aliphatic heterocycles. The third-order valence-corrected chi connectivity index (χ3v) is 9.42. The number of carbonyl (C=O) groups is 1. The summed E-state index contributed by atoms with van der Waals surface area (Å²) in [6.07, 6.45) is 6.79. The number of benzene rings is 1. The Bertz CT molecular complexity index is 1150. The van der Waals surface area contributed by atoms with Gasteiger partial charge in [-0.05, 0) is 48.6 Å². The van der Waals surface area contributed by atoms with Gasteiger partial charge in [-0.2, -0.15) is 8.42 Å². The van der Waals surface area contributed by atoms with Crippen molar-refractivity contribution >= 4 is 38.2 Å². The van der Waals surface area contributed by atoms with Gasteiger partial charge in [0.05, 0.1) is 5.52 Å². The Morgan fingerprint density at radius 1 is 1.00 bits per heavy atom. The molecule has 30 heavy (non-hydrogen) atoms. The van der Waals surface area contributed by atoms with Crippen LogP contribution in [0.3, 0.4) is 0 Å². The molecule has 2 aliphatic rings. The molecular formula is C22H25N3O3S2. The predicted octanol–water partition coefficient (Wildman–Crippen LogP) is 3.64. The summed E-state index contributed by atoms with van der Waals surface area (Å²) in [6.45, 7) is 3.38. The fourth-order valence-corrected chi connectivity index (χ4v) is 7.14. The van der Waals surface area contributed by atoms with E-state index in [1.165, 1.54) is 41.0 Å². The minimum Gasteiger partial charge on any atom is -0.336 e. The lowest BCUT2D eigenvalue weighted by Crippen LogP contribution is -2.51. The number of thiophene rings is 1. The monoisotopic (exact) mass is 443 g/mol. The van der Waals surface area contributed by atoms with Crippen LogP contribution >= 0.6 is 11.3 Å². The van der Waals surface area contributed by atoms with E-state index in [9.17, 15) is 13.2 Å². The average molecular weight is 444 g/mol. The van der Waals surface area contributed by atoms with Gasteiger partial charge in [0.2, 0.25) is 0 Å². The molecule has 3 aromatic rings. The van der Waals surface area contributed by atoms with Gasteiger partial charge in [0.15, 0.2) is 0 Å². The average Bonchev–Trinajstić information content (AvgIpc) is 3.54. The van der Waals surface area contributed by atoms with E-state index >= 15 is 0 Å². The molecule has 0 N–H and O–H groups in total. The van der Waals surface area contributed by atoms with Crippen molar-refractivity contribution in [3.05, 3.63) is 53.5 Å². The van der Waals surface area contributed by atoms with Crippen LogP contribution in [0.1, 0.15) is 36.0 Å². The summed E-state index contributed by atoms with van der Waals surface area (Å²) < 4.78 is 27.3. The smallest absolute Gasteiger partial charge is 0.277 e. The van der Waals surface area contributed by atoms with E-state index in [4.69, 9.17) is 0 Å². The van der Waals surface area contributed by atoms with Gasteiger partial charge in [0, 0.05) is 49.4 Å². The van der Waals surface area contributed by atoms with Crippen LogP contribution in [-0.4, -0.2) is 60.3 Å². The maximum Gasteiger partial charge on any atom is 0.277 e. The molecule has 8 heteroatoms. The fourth-order valence-electron chi connectivity index (χ4n) is 4.71. The van der Waals surface area contributed by atoms with Crippen LogP contribution in [0.4, 0.5) is 0 Å². The second kappa shape index (κ2) is 7.83. The second-order valence-electron chi connectivity index (χ2n) is 8.09. The Kier molecular flexibility index (Phi) is 5.16. The fraction of sp³-hybridized carbons (Fsp3) is 0.409. The summed E-state index contributed by atoms with van der Waals surface area (Å²) in [7, 11) is -3.61. The van der Waals surface area contributed by atoms with Crippen molar-refractivity contribution in [1.29, 1.82) is 0 Å². The molecule has 0 radical (unpaired) electrons. The first-order valence-electron chi connectivity index (χ1n) is 10.5. The Labute approximate surface area is 180 Å². The molecule has 2 fully saturated rings. The Hall–Kier alpha value is -2.16. The summed E-state index contributed by atoms with van der Waals surface area (Å²) in [4.78, 5) is 17.5. The van der Waals surface area contributed by atoms with Gasteiger partial charge in [0.1, 0.15) is 4.21 Å². The topological polar surface area (TPSA) is 62.6 Å². The summed E-state index contributed by atoms with van der Waals surface area (Å²) in [5.74, 6) is 0.0248. The predicted molar refractivity (Wildman–Crippen MR) is 119 cm³/mol. The van der Waals surface area contributed by atoms with Crippen LogP contribution in [0.25, 0.3) is 10.9 Å². The molecule has 1 saturated carbocycles. The lowest BCUT2D eigenvalue weighted by atomic mass is 10.1. The van der Waals surface area contributed by atoms with Crippen molar-refractivity contribution in [3.63, 3.8) is 0 Å². The summed E-state index contributed by atoms with van der Waals surface area (Å²) in [6, 6.07) is 11.1. The molecular weight excluding hydrogens is 418 g/mol. The molecule has 1 amide bonds. The van der Waals surface area contributed by atoms with Gasteiger partial charge in [0.25, 0.3) is 15.9 Å². The van der Waals surface area contributed by atoms with Crippen LogP contribution in [0.5, 0.6) is 0 Å². The largest absolute Gasteiger partial charge is 0.336 e. The first-order valence-corrected chi connectivity index (χ1v) is 12.8. The zero-order valence-electron chi connectivity index (χ0n) is 16.7. The lowest BCUT2D eigenvalue weighted by Gasteiger charge is -2.38. The minimum absolute atomic E-state index is 0.0248. The number of fused-ring (bicyclic) bond motifs is 1. The van der Waals surface area contributed by atoms with Gasteiger partial charge in [-0.3, -0.25) is 9.69 Å². The first-order chi connectivity index (χ1) is 14.5. The number of rotatable bonds is 4. The van der Waals surface area contributed by atoms with Gasteiger partial charge in [-0.1, -0.05) is 18.9 Å². The normalized spacial score (nSPS) is 19.0.